The fraction of sp³-hybridized carbons (Fsp3) is 0.667. The van der Waals surface area contributed by atoms with Crippen LogP contribution in [-0.4, -0.2) is 37.3 Å². The van der Waals surface area contributed by atoms with Crippen LogP contribution in [-0.2, 0) is 10.0 Å². The molecule has 0 aromatic carbocycles. The highest BCUT2D eigenvalue weighted by Gasteiger charge is 2.33. The molecule has 0 aliphatic heterocycles. The zero-order valence-corrected chi connectivity index (χ0v) is 13.9. The molecule has 1 heterocycles. The van der Waals surface area contributed by atoms with Gasteiger partial charge in [0.15, 0.2) is 0 Å². The average molecular weight is 311 g/mol. The summed E-state index contributed by atoms with van der Waals surface area (Å²) >= 11 is 0. The maximum atomic E-state index is 12.9. The van der Waals surface area contributed by atoms with E-state index in [0.717, 1.165) is 25.7 Å². The molecule has 21 heavy (non-hydrogen) atoms. The summed E-state index contributed by atoms with van der Waals surface area (Å²) in [6.07, 6.45) is 5.61. The first-order chi connectivity index (χ1) is 9.95. The number of hydrogen-bond donors (Lipinski definition) is 1. The van der Waals surface area contributed by atoms with Crippen molar-refractivity contribution in [3.63, 3.8) is 0 Å². The second-order valence-corrected chi connectivity index (χ2v) is 7.93. The lowest BCUT2D eigenvalue weighted by atomic mass is 10.2. The van der Waals surface area contributed by atoms with Crippen molar-refractivity contribution < 1.29 is 8.42 Å². The van der Waals surface area contributed by atoms with Crippen molar-refractivity contribution in [1.82, 2.24) is 9.29 Å². The molecule has 1 aromatic heterocycles. The van der Waals surface area contributed by atoms with Gasteiger partial charge in [0.1, 0.15) is 10.7 Å². The van der Waals surface area contributed by atoms with Crippen LogP contribution in [0, 0.1) is 5.92 Å². The van der Waals surface area contributed by atoms with Crippen LogP contribution < -0.4 is 5.32 Å². The van der Waals surface area contributed by atoms with Gasteiger partial charge in [0.2, 0.25) is 10.0 Å². The Morgan fingerprint density at radius 2 is 2.00 bits per heavy atom. The summed E-state index contributed by atoms with van der Waals surface area (Å²) in [5.74, 6) is 0.982. The first-order valence-electron chi connectivity index (χ1n) is 7.61. The Balaban J connectivity index is 2.30. The van der Waals surface area contributed by atoms with Crippen LogP contribution in [0.3, 0.4) is 0 Å². The molecule has 0 amide bonds. The SMILES string of the molecule is CNc1ccc(S(=O)(=O)N(CC(C)C)C2CCCC2)cn1. The maximum absolute atomic E-state index is 12.9. The third-order valence-corrected chi connectivity index (χ3v) is 5.78. The summed E-state index contributed by atoms with van der Waals surface area (Å²) < 4.78 is 27.5. The smallest absolute Gasteiger partial charge is 0.244 e. The van der Waals surface area contributed by atoms with Gasteiger partial charge in [-0.1, -0.05) is 26.7 Å². The molecule has 118 valence electrons. The Kier molecular flexibility index (Phi) is 5.22. The lowest BCUT2D eigenvalue weighted by Crippen LogP contribution is -2.41. The number of aromatic nitrogens is 1. The summed E-state index contributed by atoms with van der Waals surface area (Å²) in [5, 5.41) is 2.90. The summed E-state index contributed by atoms with van der Waals surface area (Å²) in [4.78, 5) is 4.42. The molecule has 6 heteroatoms. The molecule has 1 aromatic rings. The van der Waals surface area contributed by atoms with E-state index in [1.165, 1.54) is 6.20 Å². The van der Waals surface area contributed by atoms with Crippen molar-refractivity contribution in [2.24, 2.45) is 5.92 Å². The molecule has 1 N–H and O–H groups in total. The molecule has 1 saturated carbocycles. The van der Waals surface area contributed by atoms with Gasteiger partial charge in [0.25, 0.3) is 0 Å². The van der Waals surface area contributed by atoms with Crippen molar-refractivity contribution in [3.8, 4) is 0 Å². The fourth-order valence-corrected chi connectivity index (χ4v) is 4.61. The Morgan fingerprint density at radius 1 is 1.33 bits per heavy atom. The number of nitrogens with zero attached hydrogens (tertiary/aromatic N) is 2. The van der Waals surface area contributed by atoms with Crippen molar-refractivity contribution in [2.45, 2.75) is 50.5 Å². The van der Waals surface area contributed by atoms with Gasteiger partial charge in [-0.15, -0.1) is 0 Å². The topological polar surface area (TPSA) is 62.3 Å². The zero-order valence-electron chi connectivity index (χ0n) is 13.0. The van der Waals surface area contributed by atoms with Crippen molar-refractivity contribution in [1.29, 1.82) is 0 Å². The zero-order chi connectivity index (χ0) is 15.5. The molecule has 0 saturated heterocycles. The average Bonchev–Trinajstić information content (AvgIpc) is 2.98. The second kappa shape index (κ2) is 6.75. The monoisotopic (exact) mass is 311 g/mol. The number of nitrogens with one attached hydrogen (secondary N) is 1. The Bertz CT molecular complexity index is 549. The van der Waals surface area contributed by atoms with E-state index < -0.39 is 10.0 Å². The fourth-order valence-electron chi connectivity index (χ4n) is 2.81. The van der Waals surface area contributed by atoms with E-state index >= 15 is 0 Å². The van der Waals surface area contributed by atoms with E-state index in [4.69, 9.17) is 0 Å². The molecule has 2 rings (SSSR count). The Labute approximate surface area is 127 Å². The number of anilines is 1. The second-order valence-electron chi connectivity index (χ2n) is 6.04. The Hall–Kier alpha value is -1.14. The molecular weight excluding hydrogens is 286 g/mol. The van der Waals surface area contributed by atoms with Gasteiger partial charge in [0.05, 0.1) is 0 Å². The van der Waals surface area contributed by atoms with Crippen molar-refractivity contribution >= 4 is 15.8 Å². The molecule has 0 unspecified atom stereocenters. The summed E-state index contributed by atoms with van der Waals surface area (Å²) in [6, 6.07) is 3.48. The maximum Gasteiger partial charge on any atom is 0.244 e. The quantitative estimate of drug-likeness (QED) is 0.877. The van der Waals surface area contributed by atoms with Gasteiger partial charge < -0.3 is 5.32 Å². The van der Waals surface area contributed by atoms with Crippen LogP contribution in [0.25, 0.3) is 0 Å². The number of pyridine rings is 1. The molecule has 1 fully saturated rings. The minimum atomic E-state index is -3.46. The first kappa shape index (κ1) is 16.2. The van der Waals surface area contributed by atoms with Crippen LogP contribution in [0.5, 0.6) is 0 Å². The van der Waals surface area contributed by atoms with E-state index in [1.54, 1.807) is 23.5 Å². The number of sulfonamides is 1. The first-order valence-corrected chi connectivity index (χ1v) is 9.05. The largest absolute Gasteiger partial charge is 0.373 e. The van der Waals surface area contributed by atoms with Crippen LogP contribution in [0.2, 0.25) is 0 Å². The molecule has 0 radical (unpaired) electrons. The van der Waals surface area contributed by atoms with Crippen LogP contribution in [0.1, 0.15) is 39.5 Å². The molecule has 0 atom stereocenters. The molecule has 1 aliphatic rings. The molecule has 5 nitrogen and oxygen atoms in total. The standard InChI is InChI=1S/C15H25N3O2S/c1-12(2)11-18(13-6-4-5-7-13)21(19,20)14-8-9-15(16-3)17-10-14/h8-10,12-13H,4-7,11H2,1-3H3,(H,16,17). The molecule has 1 aliphatic carbocycles. The van der Waals surface area contributed by atoms with E-state index in [2.05, 4.69) is 24.1 Å². The van der Waals surface area contributed by atoms with E-state index in [1.807, 2.05) is 0 Å². The Morgan fingerprint density at radius 3 is 2.48 bits per heavy atom. The predicted molar refractivity (Wildman–Crippen MR) is 84.8 cm³/mol. The summed E-state index contributed by atoms with van der Waals surface area (Å²) in [6.45, 7) is 4.68. The minimum Gasteiger partial charge on any atom is -0.373 e. The minimum absolute atomic E-state index is 0.140. The highest BCUT2D eigenvalue weighted by atomic mass is 32.2. The highest BCUT2D eigenvalue weighted by molar-refractivity contribution is 7.89. The van der Waals surface area contributed by atoms with E-state index in [9.17, 15) is 8.42 Å². The van der Waals surface area contributed by atoms with Crippen molar-refractivity contribution in [2.75, 3.05) is 18.9 Å². The third kappa shape index (κ3) is 3.74. The van der Waals surface area contributed by atoms with Crippen LogP contribution >= 0.6 is 0 Å². The van der Waals surface area contributed by atoms with Gasteiger partial charge in [-0.3, -0.25) is 0 Å². The van der Waals surface area contributed by atoms with Crippen molar-refractivity contribution in [3.05, 3.63) is 18.3 Å². The van der Waals surface area contributed by atoms with Gasteiger partial charge in [-0.25, -0.2) is 13.4 Å². The lowest BCUT2D eigenvalue weighted by Gasteiger charge is -2.29. The van der Waals surface area contributed by atoms with Crippen LogP contribution in [0.4, 0.5) is 5.82 Å². The highest BCUT2D eigenvalue weighted by Crippen LogP contribution is 2.29. The predicted octanol–water partition coefficient (Wildman–Crippen LogP) is 2.71. The third-order valence-electron chi connectivity index (χ3n) is 3.88. The molecule has 0 bridgehead atoms. The summed E-state index contributed by atoms with van der Waals surface area (Å²) in [5.41, 5.74) is 0. The van der Waals surface area contributed by atoms with Gasteiger partial charge in [-0.2, -0.15) is 4.31 Å². The van der Waals surface area contributed by atoms with Crippen LogP contribution in [0.15, 0.2) is 23.2 Å². The normalized spacial score (nSPS) is 16.8. The molecular formula is C15H25N3O2S. The van der Waals surface area contributed by atoms with E-state index in [-0.39, 0.29) is 10.9 Å². The van der Waals surface area contributed by atoms with Gasteiger partial charge in [-0.05, 0) is 30.9 Å². The summed E-state index contributed by atoms with van der Waals surface area (Å²) in [7, 11) is -1.70. The van der Waals surface area contributed by atoms with Gasteiger partial charge in [0, 0.05) is 25.8 Å². The molecule has 0 spiro atoms. The lowest BCUT2D eigenvalue weighted by molar-refractivity contribution is 0.292. The van der Waals surface area contributed by atoms with Gasteiger partial charge >= 0.3 is 0 Å². The number of hydrogen-bond acceptors (Lipinski definition) is 4. The van der Waals surface area contributed by atoms with E-state index in [0.29, 0.717) is 18.3 Å². The number of rotatable bonds is 6.